The molecule has 3 aromatic rings. The van der Waals surface area contributed by atoms with Crippen molar-refractivity contribution in [2.75, 3.05) is 0 Å². The average molecular weight is 268 g/mol. The second-order valence-corrected chi connectivity index (χ2v) is 4.30. The molecule has 5 heteroatoms. The first-order valence-corrected chi connectivity index (χ1v) is 6.14. The molecule has 0 aliphatic heterocycles. The van der Waals surface area contributed by atoms with E-state index in [4.69, 9.17) is 4.84 Å². The molecule has 1 N–H and O–H groups in total. The number of carboxylic acid groups (broad SMARTS) is 1. The van der Waals surface area contributed by atoms with Crippen LogP contribution >= 0.6 is 0 Å². The van der Waals surface area contributed by atoms with E-state index in [1.54, 1.807) is 18.2 Å². The Morgan fingerprint density at radius 1 is 1.10 bits per heavy atom. The maximum atomic E-state index is 11.4. The average Bonchev–Trinajstić information content (AvgIpc) is 2.84. The van der Waals surface area contributed by atoms with Crippen molar-refractivity contribution in [3.05, 3.63) is 65.9 Å². The van der Waals surface area contributed by atoms with Crippen molar-refractivity contribution >= 4 is 16.9 Å². The highest BCUT2D eigenvalue weighted by molar-refractivity contribution is 6.01. The van der Waals surface area contributed by atoms with Crippen molar-refractivity contribution in [1.29, 1.82) is 0 Å². The molecular weight excluding hydrogens is 256 g/mol. The fourth-order valence-corrected chi connectivity index (χ4v) is 2.01. The van der Waals surface area contributed by atoms with E-state index in [0.29, 0.717) is 10.9 Å². The number of benzene rings is 2. The number of aromatic carboxylic acids is 1. The van der Waals surface area contributed by atoms with Crippen LogP contribution in [0.5, 0.6) is 0 Å². The highest BCUT2D eigenvalue weighted by Gasteiger charge is 2.18. The van der Waals surface area contributed by atoms with Gasteiger partial charge in [0, 0.05) is 5.39 Å². The van der Waals surface area contributed by atoms with E-state index in [0.717, 1.165) is 10.4 Å². The molecule has 5 nitrogen and oxygen atoms in total. The molecule has 0 aliphatic rings. The van der Waals surface area contributed by atoms with Crippen LogP contribution in [0.25, 0.3) is 10.9 Å². The molecule has 1 heterocycles. The molecule has 0 saturated heterocycles. The molecule has 20 heavy (non-hydrogen) atoms. The summed E-state index contributed by atoms with van der Waals surface area (Å²) in [5.41, 5.74) is 1.58. The summed E-state index contributed by atoms with van der Waals surface area (Å²) in [6.07, 6.45) is 0. The van der Waals surface area contributed by atoms with Crippen LogP contribution in [-0.4, -0.2) is 21.0 Å². The molecule has 0 saturated carbocycles. The lowest BCUT2D eigenvalue weighted by atomic mass is 10.2. The summed E-state index contributed by atoms with van der Waals surface area (Å²) in [7, 11) is 0. The zero-order chi connectivity index (χ0) is 13.9. The number of fused-ring (bicyclic) bond motifs is 1. The fourth-order valence-electron chi connectivity index (χ4n) is 2.01. The first-order valence-electron chi connectivity index (χ1n) is 6.14. The molecule has 0 bridgehead atoms. The van der Waals surface area contributed by atoms with E-state index in [2.05, 4.69) is 5.10 Å². The molecule has 0 aliphatic carbocycles. The van der Waals surface area contributed by atoms with Crippen LogP contribution in [0.2, 0.25) is 0 Å². The number of rotatable bonds is 4. The molecular formula is C15H12N2O3. The summed E-state index contributed by atoms with van der Waals surface area (Å²) in [5.74, 6) is -1.06. The molecule has 0 unspecified atom stereocenters. The quantitative estimate of drug-likeness (QED) is 0.789. The van der Waals surface area contributed by atoms with Crippen molar-refractivity contribution in [3.8, 4) is 0 Å². The third kappa shape index (κ3) is 2.21. The van der Waals surface area contributed by atoms with Gasteiger partial charge >= 0.3 is 5.97 Å². The zero-order valence-corrected chi connectivity index (χ0v) is 10.6. The first-order chi connectivity index (χ1) is 9.75. The minimum atomic E-state index is -1.06. The maximum Gasteiger partial charge on any atom is 0.358 e. The molecule has 2 aromatic carbocycles. The summed E-state index contributed by atoms with van der Waals surface area (Å²) in [4.78, 5) is 17.9. The van der Waals surface area contributed by atoms with E-state index < -0.39 is 5.97 Å². The van der Waals surface area contributed by atoms with Gasteiger partial charge in [-0.25, -0.2) is 4.79 Å². The predicted octanol–water partition coefficient (Wildman–Crippen LogP) is 2.36. The van der Waals surface area contributed by atoms with Gasteiger partial charge in [-0.2, -0.15) is 0 Å². The van der Waals surface area contributed by atoms with Crippen molar-refractivity contribution in [2.45, 2.75) is 6.61 Å². The lowest BCUT2D eigenvalue weighted by Gasteiger charge is -2.06. The number of aromatic nitrogens is 2. The van der Waals surface area contributed by atoms with Crippen LogP contribution in [0.4, 0.5) is 0 Å². The van der Waals surface area contributed by atoms with Gasteiger partial charge in [-0.3, -0.25) is 0 Å². The van der Waals surface area contributed by atoms with Gasteiger partial charge in [0.15, 0.2) is 5.69 Å². The second-order valence-electron chi connectivity index (χ2n) is 4.30. The lowest BCUT2D eigenvalue weighted by Crippen LogP contribution is -2.18. The van der Waals surface area contributed by atoms with Gasteiger partial charge in [0.05, 0.1) is 5.52 Å². The maximum absolute atomic E-state index is 11.4. The second kappa shape index (κ2) is 5.05. The molecule has 0 radical (unpaired) electrons. The van der Waals surface area contributed by atoms with Crippen LogP contribution < -0.4 is 4.84 Å². The Morgan fingerprint density at radius 3 is 2.55 bits per heavy atom. The highest BCUT2D eigenvalue weighted by atomic mass is 16.7. The van der Waals surface area contributed by atoms with Crippen molar-refractivity contribution in [3.63, 3.8) is 0 Å². The molecule has 3 rings (SSSR count). The van der Waals surface area contributed by atoms with Crippen molar-refractivity contribution in [1.82, 2.24) is 9.94 Å². The Balaban J connectivity index is 1.95. The summed E-state index contributed by atoms with van der Waals surface area (Å²) in [6.45, 7) is 0.259. The van der Waals surface area contributed by atoms with Gasteiger partial charge in [-0.05, 0) is 11.6 Å². The molecule has 0 fully saturated rings. The molecule has 0 spiro atoms. The molecule has 0 atom stereocenters. The predicted molar refractivity (Wildman–Crippen MR) is 73.4 cm³/mol. The number of nitrogens with zero attached hydrogens (tertiary/aromatic N) is 2. The Bertz CT molecular complexity index is 750. The van der Waals surface area contributed by atoms with Gasteiger partial charge < -0.3 is 9.94 Å². The van der Waals surface area contributed by atoms with Gasteiger partial charge in [-0.1, -0.05) is 53.4 Å². The Kier molecular flexibility index (Phi) is 3.09. The SMILES string of the molecule is O=C(O)c1c2ccccc2nn1OCc1ccccc1. The van der Waals surface area contributed by atoms with Gasteiger partial charge in [0.2, 0.25) is 0 Å². The van der Waals surface area contributed by atoms with Crippen molar-refractivity contribution < 1.29 is 14.7 Å². The van der Waals surface area contributed by atoms with Crippen molar-refractivity contribution in [2.24, 2.45) is 0 Å². The third-order valence-corrected chi connectivity index (χ3v) is 2.95. The summed E-state index contributed by atoms with van der Waals surface area (Å²) in [6, 6.07) is 16.6. The third-order valence-electron chi connectivity index (χ3n) is 2.95. The van der Waals surface area contributed by atoms with Gasteiger partial charge in [-0.15, -0.1) is 5.10 Å². The lowest BCUT2D eigenvalue weighted by molar-refractivity contribution is 0.0472. The summed E-state index contributed by atoms with van der Waals surface area (Å²) >= 11 is 0. The minimum absolute atomic E-state index is 0.0385. The Hall–Kier alpha value is -2.82. The monoisotopic (exact) mass is 268 g/mol. The summed E-state index contributed by atoms with van der Waals surface area (Å²) < 4.78 is 0. The van der Waals surface area contributed by atoms with Crippen LogP contribution in [0.1, 0.15) is 16.1 Å². The number of carboxylic acids is 1. The van der Waals surface area contributed by atoms with E-state index in [1.807, 2.05) is 36.4 Å². The van der Waals surface area contributed by atoms with Gasteiger partial charge in [0.1, 0.15) is 6.61 Å². The fraction of sp³-hybridized carbons (Fsp3) is 0.0667. The Morgan fingerprint density at radius 2 is 1.80 bits per heavy atom. The van der Waals surface area contributed by atoms with Crippen LogP contribution in [0.3, 0.4) is 0 Å². The number of hydrogen-bond donors (Lipinski definition) is 1. The topological polar surface area (TPSA) is 64.3 Å². The van der Waals surface area contributed by atoms with E-state index in [1.165, 1.54) is 0 Å². The minimum Gasteiger partial charge on any atom is -0.476 e. The summed E-state index contributed by atoms with van der Waals surface area (Å²) in [5, 5.41) is 14.0. The Labute approximate surface area is 115 Å². The zero-order valence-electron chi connectivity index (χ0n) is 10.6. The molecule has 0 amide bonds. The van der Waals surface area contributed by atoms with E-state index in [-0.39, 0.29) is 12.3 Å². The smallest absolute Gasteiger partial charge is 0.358 e. The van der Waals surface area contributed by atoms with Crippen LogP contribution in [-0.2, 0) is 6.61 Å². The van der Waals surface area contributed by atoms with Crippen LogP contribution in [0, 0.1) is 0 Å². The molecule has 100 valence electrons. The van der Waals surface area contributed by atoms with Crippen LogP contribution in [0.15, 0.2) is 54.6 Å². The largest absolute Gasteiger partial charge is 0.476 e. The molecule has 1 aromatic heterocycles. The standard InChI is InChI=1S/C15H12N2O3/c18-15(19)14-12-8-4-5-9-13(12)16-17(14)20-10-11-6-2-1-3-7-11/h1-9H,10H2,(H,18,19). The van der Waals surface area contributed by atoms with E-state index in [9.17, 15) is 9.90 Å². The highest BCUT2D eigenvalue weighted by Crippen LogP contribution is 2.17. The first kappa shape index (κ1) is 12.2. The normalized spacial score (nSPS) is 10.6. The number of carbonyl (C=O) groups is 1. The number of hydrogen-bond acceptors (Lipinski definition) is 3. The van der Waals surface area contributed by atoms with E-state index >= 15 is 0 Å². The van der Waals surface area contributed by atoms with Gasteiger partial charge in [0.25, 0.3) is 0 Å².